The monoisotopic (exact) mass is 427 g/mol. The smallest absolute Gasteiger partial charge is 0.267 e. The molecule has 0 fully saturated rings. The molecular weight excluding hydrogens is 414 g/mol. The molecule has 0 amide bonds. The molecular formula is C16H13N9O2S2. The van der Waals surface area contributed by atoms with Gasteiger partial charge in [0.05, 0.1) is 10.6 Å². The molecule has 1 aromatic carbocycles. The molecule has 0 radical (unpaired) electrons. The number of thiocarbonyl (C=S) groups is 1. The Bertz CT molecular complexity index is 1190. The van der Waals surface area contributed by atoms with E-state index in [1.54, 1.807) is 18.2 Å². The predicted molar refractivity (Wildman–Crippen MR) is 112 cm³/mol. The van der Waals surface area contributed by atoms with E-state index >= 15 is 0 Å². The summed E-state index contributed by atoms with van der Waals surface area (Å²) in [4.78, 5) is 16.6. The van der Waals surface area contributed by atoms with Crippen LogP contribution in [0.25, 0.3) is 0 Å². The van der Waals surface area contributed by atoms with Gasteiger partial charge in [-0.25, -0.2) is 23.4 Å². The molecule has 4 rings (SSSR count). The maximum atomic E-state index is 12.4. The van der Waals surface area contributed by atoms with E-state index in [1.165, 1.54) is 30.5 Å². The van der Waals surface area contributed by atoms with Crippen LogP contribution in [0.15, 0.2) is 78.8 Å². The minimum absolute atomic E-state index is 0.0637. The van der Waals surface area contributed by atoms with Gasteiger partial charge < -0.3 is 11.1 Å². The van der Waals surface area contributed by atoms with Crippen molar-refractivity contribution in [3.8, 4) is 0 Å². The highest BCUT2D eigenvalue weighted by atomic mass is 32.2. The molecule has 0 spiro atoms. The van der Waals surface area contributed by atoms with Gasteiger partial charge in [-0.05, 0) is 36.4 Å². The predicted octanol–water partition coefficient (Wildman–Crippen LogP) is 1.35. The number of fused-ring (bicyclic) bond motifs is 1. The number of pyridine rings is 1. The van der Waals surface area contributed by atoms with Crippen molar-refractivity contribution in [3.05, 3.63) is 48.7 Å². The first-order chi connectivity index (χ1) is 13.9. The highest BCUT2D eigenvalue weighted by Crippen LogP contribution is 2.20. The lowest BCUT2D eigenvalue weighted by Crippen LogP contribution is -2.48. The number of aromatic nitrogens is 1. The van der Waals surface area contributed by atoms with Gasteiger partial charge in [-0.15, -0.1) is 10.2 Å². The molecule has 2 aliphatic heterocycles. The number of benzene rings is 1. The van der Waals surface area contributed by atoms with Crippen molar-refractivity contribution in [3.63, 3.8) is 0 Å². The average Bonchev–Trinajstić information content (AvgIpc) is 3.10. The lowest BCUT2D eigenvalue weighted by molar-refractivity contribution is 0.601. The van der Waals surface area contributed by atoms with E-state index in [-0.39, 0.29) is 22.6 Å². The normalized spacial score (nSPS) is 18.6. The first-order valence-electron chi connectivity index (χ1n) is 8.18. The minimum atomic E-state index is -3.76. The van der Waals surface area contributed by atoms with Crippen molar-refractivity contribution in [2.75, 3.05) is 4.72 Å². The Kier molecular flexibility index (Phi) is 4.82. The summed E-state index contributed by atoms with van der Waals surface area (Å²) >= 11 is 5.11. The molecule has 29 heavy (non-hydrogen) atoms. The van der Waals surface area contributed by atoms with Crippen molar-refractivity contribution < 1.29 is 8.42 Å². The molecule has 1 unspecified atom stereocenters. The van der Waals surface area contributed by atoms with Gasteiger partial charge >= 0.3 is 0 Å². The van der Waals surface area contributed by atoms with Gasteiger partial charge in [0.1, 0.15) is 16.6 Å². The van der Waals surface area contributed by atoms with Crippen LogP contribution in [-0.4, -0.2) is 42.2 Å². The summed E-state index contributed by atoms with van der Waals surface area (Å²) in [5.41, 5.74) is 6.02. The van der Waals surface area contributed by atoms with E-state index in [0.29, 0.717) is 16.5 Å². The number of anilines is 1. The molecule has 0 bridgehead atoms. The Morgan fingerprint density at radius 1 is 1.10 bits per heavy atom. The topological polar surface area (TPSA) is 159 Å². The molecule has 2 aromatic rings. The summed E-state index contributed by atoms with van der Waals surface area (Å²) in [6, 6.07) is 10.2. The van der Waals surface area contributed by atoms with E-state index in [4.69, 9.17) is 18.0 Å². The molecule has 146 valence electrons. The second kappa shape index (κ2) is 7.44. The Morgan fingerprint density at radius 2 is 1.90 bits per heavy atom. The number of guanidine groups is 2. The molecule has 1 atom stereocenters. The SMILES string of the molecule is NC1=NC(=S)C2N=C(N=Nc3ccc(S(=O)(=O)Nc4ccccn4)cc3)N=C2N1. The summed E-state index contributed by atoms with van der Waals surface area (Å²) < 4.78 is 27.2. The fourth-order valence-electron chi connectivity index (χ4n) is 2.44. The van der Waals surface area contributed by atoms with Crippen molar-refractivity contribution in [1.29, 1.82) is 0 Å². The van der Waals surface area contributed by atoms with E-state index in [2.05, 4.69) is 40.2 Å². The number of hydrogen-bond acceptors (Lipinski definition) is 10. The van der Waals surface area contributed by atoms with E-state index < -0.39 is 16.1 Å². The van der Waals surface area contributed by atoms with Gasteiger partial charge in [0.2, 0.25) is 0 Å². The van der Waals surface area contributed by atoms with Crippen molar-refractivity contribution in [2.45, 2.75) is 10.9 Å². The van der Waals surface area contributed by atoms with Crippen molar-refractivity contribution >= 4 is 56.5 Å². The number of hydrogen-bond donors (Lipinski definition) is 3. The summed E-state index contributed by atoms with van der Waals surface area (Å²) in [6.45, 7) is 0. The van der Waals surface area contributed by atoms with Crippen LogP contribution >= 0.6 is 12.2 Å². The van der Waals surface area contributed by atoms with Crippen LogP contribution in [0.3, 0.4) is 0 Å². The average molecular weight is 427 g/mol. The molecule has 4 N–H and O–H groups in total. The summed E-state index contributed by atoms with van der Waals surface area (Å²) in [6.07, 6.45) is 1.50. The number of nitrogens with zero attached hydrogens (tertiary/aromatic N) is 6. The quantitative estimate of drug-likeness (QED) is 0.493. The molecule has 0 aliphatic carbocycles. The first-order valence-corrected chi connectivity index (χ1v) is 10.1. The summed E-state index contributed by atoms with van der Waals surface area (Å²) in [5, 5.41) is 10.8. The number of rotatable bonds is 4. The Balaban J connectivity index is 1.47. The number of nitrogens with one attached hydrogen (secondary N) is 2. The molecule has 11 nitrogen and oxygen atoms in total. The van der Waals surface area contributed by atoms with Crippen molar-refractivity contribution in [2.24, 2.45) is 30.9 Å². The number of amidine groups is 1. The maximum Gasteiger partial charge on any atom is 0.267 e. The maximum absolute atomic E-state index is 12.4. The van der Waals surface area contributed by atoms with Crippen LogP contribution in [0.4, 0.5) is 11.5 Å². The number of azo groups is 1. The molecule has 0 saturated heterocycles. The zero-order valence-corrected chi connectivity index (χ0v) is 16.2. The fraction of sp³-hybridized carbons (Fsp3) is 0.0625. The fourth-order valence-corrected chi connectivity index (χ4v) is 3.72. The van der Waals surface area contributed by atoms with E-state index in [0.717, 1.165) is 0 Å². The Labute approximate surface area is 170 Å². The van der Waals surface area contributed by atoms with E-state index in [9.17, 15) is 8.42 Å². The molecule has 13 heteroatoms. The summed E-state index contributed by atoms with van der Waals surface area (Å²) in [7, 11) is -3.76. The van der Waals surface area contributed by atoms with Gasteiger partial charge in [-0.2, -0.15) is 4.99 Å². The van der Waals surface area contributed by atoms with Gasteiger partial charge in [0.15, 0.2) is 12.0 Å². The molecule has 0 saturated carbocycles. The highest BCUT2D eigenvalue weighted by molar-refractivity contribution is 7.92. The van der Waals surface area contributed by atoms with Crippen LogP contribution in [0.5, 0.6) is 0 Å². The standard InChI is InChI=1S/C16H13N9O2S2/c17-15-20-13-12(14(28)22-15)19-16(21-13)24-23-9-4-6-10(7-5-9)29(26,27)25-11-3-1-2-8-18-11/h1-8,12H,(H,18,25)(H3,17,19,20,21,22,28). The highest BCUT2D eigenvalue weighted by Gasteiger charge is 2.30. The molecule has 2 aliphatic rings. The van der Waals surface area contributed by atoms with Crippen LogP contribution in [-0.2, 0) is 10.0 Å². The third kappa shape index (κ3) is 4.14. The third-order valence-electron chi connectivity index (χ3n) is 3.75. The van der Waals surface area contributed by atoms with Crippen LogP contribution in [0.1, 0.15) is 0 Å². The van der Waals surface area contributed by atoms with E-state index in [1.807, 2.05) is 0 Å². The van der Waals surface area contributed by atoms with Gasteiger partial charge in [-0.1, -0.05) is 18.3 Å². The van der Waals surface area contributed by atoms with Gasteiger partial charge in [-0.3, -0.25) is 4.72 Å². The largest absolute Gasteiger partial charge is 0.369 e. The number of sulfonamides is 1. The van der Waals surface area contributed by atoms with Crippen molar-refractivity contribution in [1.82, 2.24) is 10.3 Å². The molecule has 1 aromatic heterocycles. The zero-order chi connectivity index (χ0) is 20.4. The van der Waals surface area contributed by atoms with Gasteiger partial charge in [0.25, 0.3) is 16.0 Å². The second-order valence-electron chi connectivity index (χ2n) is 5.80. The lowest BCUT2D eigenvalue weighted by atomic mass is 10.2. The first kappa shape index (κ1) is 18.8. The second-order valence-corrected chi connectivity index (χ2v) is 7.90. The summed E-state index contributed by atoms with van der Waals surface area (Å²) in [5.74, 6) is 0.929. The zero-order valence-electron chi connectivity index (χ0n) is 14.6. The Hall–Kier alpha value is -3.58. The van der Waals surface area contributed by atoms with Crippen LogP contribution in [0.2, 0.25) is 0 Å². The van der Waals surface area contributed by atoms with Crippen LogP contribution < -0.4 is 15.8 Å². The van der Waals surface area contributed by atoms with Gasteiger partial charge in [0, 0.05) is 6.20 Å². The lowest BCUT2D eigenvalue weighted by Gasteiger charge is -2.16. The number of aliphatic imine (C=N–C) groups is 3. The Morgan fingerprint density at radius 3 is 2.62 bits per heavy atom. The van der Waals surface area contributed by atoms with Crippen LogP contribution in [0, 0.1) is 0 Å². The third-order valence-corrected chi connectivity index (χ3v) is 5.44. The minimum Gasteiger partial charge on any atom is -0.369 e. The number of nitrogens with two attached hydrogens (primary N) is 1. The molecule has 3 heterocycles.